The van der Waals surface area contributed by atoms with Crippen molar-refractivity contribution in [3.05, 3.63) is 59.5 Å². The highest BCUT2D eigenvalue weighted by Gasteiger charge is 2.25. The highest BCUT2D eigenvalue weighted by Crippen LogP contribution is 2.34. The number of likely N-dealkylation sites (N-methyl/N-ethyl adjacent to an activating group) is 1. The molecule has 0 bridgehead atoms. The molecule has 2 heterocycles. The Morgan fingerprint density at radius 1 is 1.14 bits per heavy atom. The number of nitrogens with one attached hydrogen (secondary N) is 2. The molecule has 146 valence electrons. The van der Waals surface area contributed by atoms with Crippen LogP contribution in [0.5, 0.6) is 0 Å². The van der Waals surface area contributed by atoms with Crippen LogP contribution in [0.15, 0.2) is 42.6 Å². The Balaban J connectivity index is 1.53. The number of amides is 1. The molecule has 1 amide bonds. The Hall–Kier alpha value is -2.86. The van der Waals surface area contributed by atoms with E-state index in [1.807, 2.05) is 37.3 Å². The molecule has 1 fully saturated rings. The number of fused-ring (bicyclic) bond motifs is 1. The summed E-state index contributed by atoms with van der Waals surface area (Å²) in [7, 11) is 2.10. The van der Waals surface area contributed by atoms with Crippen LogP contribution in [0, 0.1) is 12.7 Å². The van der Waals surface area contributed by atoms with Crippen molar-refractivity contribution in [1.82, 2.24) is 4.90 Å². The fourth-order valence-corrected chi connectivity index (χ4v) is 3.87. The summed E-state index contributed by atoms with van der Waals surface area (Å²) in [5.41, 5.74) is 4.55. The lowest BCUT2D eigenvalue weighted by Gasteiger charge is -2.23. The molecule has 0 spiro atoms. The second kappa shape index (κ2) is 7.64. The van der Waals surface area contributed by atoms with E-state index in [1.54, 1.807) is 6.20 Å². The van der Waals surface area contributed by atoms with Gasteiger partial charge in [-0.15, -0.1) is 0 Å². The maximum absolute atomic E-state index is 14.7. The molecule has 4 rings (SSSR count). The summed E-state index contributed by atoms with van der Waals surface area (Å²) in [4.78, 5) is 16.7. The summed E-state index contributed by atoms with van der Waals surface area (Å²) >= 11 is 0. The Morgan fingerprint density at radius 3 is 2.82 bits per heavy atom. The van der Waals surface area contributed by atoms with Crippen molar-refractivity contribution < 1.29 is 9.18 Å². The third kappa shape index (κ3) is 3.60. The van der Waals surface area contributed by atoms with Gasteiger partial charge in [0.2, 0.25) is 0 Å². The quantitative estimate of drug-likeness (QED) is 0.798. The summed E-state index contributed by atoms with van der Waals surface area (Å²) in [6.07, 6.45) is 2.68. The van der Waals surface area contributed by atoms with E-state index in [1.165, 1.54) is 6.07 Å². The summed E-state index contributed by atoms with van der Waals surface area (Å²) < 4.78 is 14.7. The first-order valence-corrected chi connectivity index (χ1v) is 9.64. The first-order chi connectivity index (χ1) is 13.5. The van der Waals surface area contributed by atoms with Crippen LogP contribution in [0.25, 0.3) is 5.57 Å². The summed E-state index contributed by atoms with van der Waals surface area (Å²) in [5.74, 6) is -0.400. The zero-order valence-electron chi connectivity index (χ0n) is 16.3. The van der Waals surface area contributed by atoms with Crippen LogP contribution in [-0.2, 0) is 4.79 Å². The van der Waals surface area contributed by atoms with Crippen molar-refractivity contribution in [2.24, 2.45) is 0 Å². The minimum Gasteiger partial charge on any atom is -0.368 e. The maximum Gasteiger partial charge on any atom is 0.257 e. The van der Waals surface area contributed by atoms with Gasteiger partial charge >= 0.3 is 0 Å². The molecule has 28 heavy (non-hydrogen) atoms. The van der Waals surface area contributed by atoms with Crippen molar-refractivity contribution in [2.45, 2.75) is 13.3 Å². The van der Waals surface area contributed by atoms with Crippen molar-refractivity contribution in [3.8, 4) is 0 Å². The SMILES string of the molecule is Cc1cccc2c1/C(=C\Nc1ccc(N3CCCN(C)CC3)c(F)c1)C(=O)N2. The highest BCUT2D eigenvalue weighted by molar-refractivity contribution is 6.32. The lowest BCUT2D eigenvalue weighted by atomic mass is 10.0. The molecular weight excluding hydrogens is 355 g/mol. The number of aryl methyl sites for hydroxylation is 1. The Kier molecular flexibility index (Phi) is 5.05. The van der Waals surface area contributed by atoms with E-state index in [0.717, 1.165) is 49.4 Å². The molecule has 5 nitrogen and oxygen atoms in total. The van der Waals surface area contributed by atoms with Gasteiger partial charge in [0.05, 0.1) is 11.3 Å². The van der Waals surface area contributed by atoms with E-state index >= 15 is 0 Å². The van der Waals surface area contributed by atoms with Gasteiger partial charge in [-0.05, 0) is 56.8 Å². The predicted molar refractivity (Wildman–Crippen MR) is 112 cm³/mol. The third-order valence-electron chi connectivity index (χ3n) is 5.43. The van der Waals surface area contributed by atoms with Crippen LogP contribution >= 0.6 is 0 Å². The molecule has 0 unspecified atom stereocenters. The molecule has 0 saturated carbocycles. The van der Waals surface area contributed by atoms with Crippen molar-refractivity contribution in [2.75, 3.05) is 48.8 Å². The predicted octanol–water partition coefficient (Wildman–Crippen LogP) is 3.68. The summed E-state index contributed by atoms with van der Waals surface area (Å²) in [6, 6.07) is 10.9. The van der Waals surface area contributed by atoms with E-state index in [4.69, 9.17) is 0 Å². The number of halogens is 1. The first kappa shape index (κ1) is 18.5. The third-order valence-corrected chi connectivity index (χ3v) is 5.43. The fraction of sp³-hybridized carbons (Fsp3) is 0.318. The van der Waals surface area contributed by atoms with Crippen molar-refractivity contribution in [3.63, 3.8) is 0 Å². The van der Waals surface area contributed by atoms with E-state index in [9.17, 15) is 9.18 Å². The number of nitrogens with zero attached hydrogens (tertiary/aromatic N) is 2. The van der Waals surface area contributed by atoms with E-state index < -0.39 is 0 Å². The topological polar surface area (TPSA) is 47.6 Å². The molecule has 1 saturated heterocycles. The van der Waals surface area contributed by atoms with E-state index in [-0.39, 0.29) is 11.7 Å². The normalized spacial score (nSPS) is 18.8. The Labute approximate surface area is 164 Å². The largest absolute Gasteiger partial charge is 0.368 e. The van der Waals surface area contributed by atoms with Gasteiger partial charge in [-0.1, -0.05) is 12.1 Å². The molecular formula is C22H25FN4O. The number of hydrogen-bond donors (Lipinski definition) is 2. The maximum atomic E-state index is 14.7. The molecule has 0 aliphatic carbocycles. The zero-order valence-corrected chi connectivity index (χ0v) is 16.3. The van der Waals surface area contributed by atoms with E-state index in [0.29, 0.717) is 16.9 Å². The molecule has 0 aromatic heterocycles. The van der Waals surface area contributed by atoms with Crippen LogP contribution in [0.2, 0.25) is 0 Å². The standard InChI is InChI=1S/C22H25FN4O/c1-15-5-3-6-19-21(15)17(22(28)25-19)14-24-16-7-8-20(18(23)13-16)27-10-4-9-26(2)11-12-27/h3,5-8,13-14,24H,4,9-12H2,1-2H3,(H,25,28)/b17-14+. The second-order valence-corrected chi connectivity index (χ2v) is 7.46. The lowest BCUT2D eigenvalue weighted by molar-refractivity contribution is -0.110. The lowest BCUT2D eigenvalue weighted by Crippen LogP contribution is -2.29. The highest BCUT2D eigenvalue weighted by atomic mass is 19.1. The molecule has 2 aromatic carbocycles. The van der Waals surface area contributed by atoms with Gasteiger partial charge in [0.25, 0.3) is 5.91 Å². The molecule has 2 aromatic rings. The second-order valence-electron chi connectivity index (χ2n) is 7.46. The number of carbonyl (C=O) groups excluding carboxylic acids is 1. The molecule has 0 radical (unpaired) electrons. The molecule has 0 atom stereocenters. The monoisotopic (exact) mass is 380 g/mol. The molecule has 2 aliphatic heterocycles. The average molecular weight is 380 g/mol. The van der Waals surface area contributed by atoms with Gasteiger partial charge in [-0.2, -0.15) is 0 Å². The smallest absolute Gasteiger partial charge is 0.257 e. The van der Waals surface area contributed by atoms with Gasteiger partial charge in [-0.25, -0.2) is 4.39 Å². The summed E-state index contributed by atoms with van der Waals surface area (Å²) in [6.45, 7) is 5.61. The van der Waals surface area contributed by atoms with Crippen LogP contribution in [0.1, 0.15) is 17.5 Å². The number of hydrogen-bond acceptors (Lipinski definition) is 4. The van der Waals surface area contributed by atoms with Gasteiger partial charge in [-0.3, -0.25) is 4.79 Å². The minimum absolute atomic E-state index is 0.150. The van der Waals surface area contributed by atoms with Crippen LogP contribution in [0.4, 0.5) is 21.5 Å². The van der Waals surface area contributed by atoms with Gasteiger partial charge < -0.3 is 20.4 Å². The molecule has 2 aliphatic rings. The van der Waals surface area contributed by atoms with Gasteiger partial charge in [0.15, 0.2) is 0 Å². The Bertz CT molecular complexity index is 940. The number of benzene rings is 2. The molecule has 6 heteroatoms. The van der Waals surface area contributed by atoms with Crippen LogP contribution < -0.4 is 15.5 Å². The minimum atomic E-state index is -0.250. The van der Waals surface area contributed by atoms with Crippen LogP contribution in [-0.4, -0.2) is 44.0 Å². The van der Waals surface area contributed by atoms with Gasteiger partial charge in [0.1, 0.15) is 5.82 Å². The molecule has 2 N–H and O–H groups in total. The summed E-state index contributed by atoms with van der Waals surface area (Å²) in [5, 5.41) is 5.95. The number of rotatable bonds is 3. The average Bonchev–Trinajstić information content (AvgIpc) is 2.84. The number of anilines is 3. The van der Waals surface area contributed by atoms with Crippen molar-refractivity contribution in [1.29, 1.82) is 0 Å². The first-order valence-electron chi connectivity index (χ1n) is 9.64. The van der Waals surface area contributed by atoms with Crippen LogP contribution in [0.3, 0.4) is 0 Å². The fourth-order valence-electron chi connectivity index (χ4n) is 3.87. The van der Waals surface area contributed by atoms with Gasteiger partial charge in [0, 0.05) is 42.8 Å². The van der Waals surface area contributed by atoms with E-state index in [2.05, 4.69) is 27.5 Å². The van der Waals surface area contributed by atoms with Crippen molar-refractivity contribution >= 4 is 28.5 Å². The number of carbonyl (C=O) groups is 1. The zero-order chi connectivity index (χ0) is 19.7. The Morgan fingerprint density at radius 2 is 2.00 bits per heavy atom.